The van der Waals surface area contributed by atoms with Crippen LogP contribution < -0.4 is 10.6 Å². The summed E-state index contributed by atoms with van der Waals surface area (Å²) in [6.07, 6.45) is 3.54. The van der Waals surface area contributed by atoms with Crippen molar-refractivity contribution in [3.8, 4) is 0 Å². The smallest absolute Gasteiger partial charge is 0.240 e. The number of hydrogen-bond acceptors (Lipinski definition) is 4. The predicted molar refractivity (Wildman–Crippen MR) is 98.2 cm³/mol. The average Bonchev–Trinajstić information content (AvgIpc) is 3.19. The van der Waals surface area contributed by atoms with Gasteiger partial charge in [0, 0.05) is 19.6 Å². The van der Waals surface area contributed by atoms with Gasteiger partial charge < -0.3 is 10.6 Å². The molecule has 2 aliphatic heterocycles. The lowest BCUT2D eigenvalue weighted by molar-refractivity contribution is -0.143. The van der Waals surface area contributed by atoms with Crippen molar-refractivity contribution in [3.05, 3.63) is 34.9 Å². The van der Waals surface area contributed by atoms with Gasteiger partial charge in [-0.3, -0.25) is 19.3 Å². The van der Waals surface area contributed by atoms with E-state index in [2.05, 4.69) is 22.8 Å². The van der Waals surface area contributed by atoms with Crippen LogP contribution in [0.15, 0.2) is 18.2 Å². The Morgan fingerprint density at radius 1 is 1.08 bits per heavy atom. The van der Waals surface area contributed by atoms with Crippen molar-refractivity contribution in [3.63, 3.8) is 0 Å². The molecular weight excluding hydrogens is 354 g/mol. The summed E-state index contributed by atoms with van der Waals surface area (Å²) in [5, 5.41) is 6.13. The molecule has 3 aliphatic rings. The second-order valence-electron chi connectivity index (χ2n) is 7.24. The fourth-order valence-electron chi connectivity index (χ4n) is 4.25. The van der Waals surface area contributed by atoms with Gasteiger partial charge in [-0.2, -0.15) is 0 Å². The summed E-state index contributed by atoms with van der Waals surface area (Å²) in [5.74, 6) is -0.989. The lowest BCUT2D eigenvalue weighted by Gasteiger charge is -2.19. The summed E-state index contributed by atoms with van der Waals surface area (Å²) in [7, 11) is 0. The second-order valence-corrected chi connectivity index (χ2v) is 7.24. The van der Waals surface area contributed by atoms with Crippen LogP contribution in [0, 0.1) is 11.8 Å². The zero-order valence-corrected chi connectivity index (χ0v) is 15.4. The van der Waals surface area contributed by atoms with Gasteiger partial charge in [0.15, 0.2) is 0 Å². The maximum Gasteiger partial charge on any atom is 0.240 e. The molecule has 1 aliphatic carbocycles. The lowest BCUT2D eigenvalue weighted by Crippen LogP contribution is -2.40. The monoisotopic (exact) mass is 377 g/mol. The third-order valence-corrected chi connectivity index (χ3v) is 5.63. The number of carbonyl (C=O) groups is 3. The highest BCUT2D eigenvalue weighted by Gasteiger charge is 2.48. The number of imide groups is 1. The molecule has 3 amide bonds. The lowest BCUT2D eigenvalue weighted by atomic mass is 9.81. The molecule has 6 nitrogen and oxygen atoms in total. The predicted octanol–water partition coefficient (Wildman–Crippen LogP) is 1.50. The molecule has 2 fully saturated rings. The zero-order valence-electron chi connectivity index (χ0n) is 14.6. The number of rotatable bonds is 4. The Morgan fingerprint density at radius 2 is 1.73 bits per heavy atom. The summed E-state index contributed by atoms with van der Waals surface area (Å²) in [5.41, 5.74) is 3.59. The molecule has 1 aromatic carbocycles. The highest BCUT2D eigenvalue weighted by molar-refractivity contribution is 6.07. The molecule has 0 spiro atoms. The normalized spacial score (nSPS) is 24.1. The molecule has 26 heavy (non-hydrogen) atoms. The van der Waals surface area contributed by atoms with E-state index in [0.717, 1.165) is 44.3 Å². The number of carbonyl (C=O) groups excluding carboxylic acids is 3. The van der Waals surface area contributed by atoms with E-state index in [4.69, 9.17) is 0 Å². The van der Waals surface area contributed by atoms with E-state index in [1.807, 2.05) is 6.07 Å². The molecule has 1 saturated heterocycles. The van der Waals surface area contributed by atoms with Crippen molar-refractivity contribution in [2.75, 3.05) is 6.54 Å². The van der Waals surface area contributed by atoms with Gasteiger partial charge in [-0.15, -0.1) is 12.4 Å². The Bertz CT molecular complexity index is 713. The van der Waals surface area contributed by atoms with Gasteiger partial charge in [-0.1, -0.05) is 31.0 Å². The first-order valence-corrected chi connectivity index (χ1v) is 9.07. The fraction of sp³-hybridized carbons (Fsp3) is 0.526. The van der Waals surface area contributed by atoms with Crippen molar-refractivity contribution >= 4 is 30.1 Å². The Balaban J connectivity index is 0.00000196. The molecular formula is C19H24ClN3O3. The average molecular weight is 378 g/mol. The number of fused-ring (bicyclic) bond motifs is 2. The highest BCUT2D eigenvalue weighted by atomic mass is 35.5. The summed E-state index contributed by atoms with van der Waals surface area (Å²) < 4.78 is 0. The van der Waals surface area contributed by atoms with Crippen molar-refractivity contribution in [2.24, 2.45) is 11.8 Å². The summed E-state index contributed by atoms with van der Waals surface area (Å²) >= 11 is 0. The van der Waals surface area contributed by atoms with Gasteiger partial charge >= 0.3 is 0 Å². The van der Waals surface area contributed by atoms with E-state index in [1.54, 1.807) is 0 Å². The maximum absolute atomic E-state index is 12.4. The van der Waals surface area contributed by atoms with Crippen LogP contribution in [-0.2, 0) is 34.0 Å². The Labute approximate surface area is 159 Å². The Hall–Kier alpha value is -1.92. The van der Waals surface area contributed by atoms with Gasteiger partial charge in [0.1, 0.15) is 6.54 Å². The van der Waals surface area contributed by atoms with Gasteiger partial charge in [0.2, 0.25) is 17.7 Å². The number of hydrogen-bond donors (Lipinski definition) is 2. The van der Waals surface area contributed by atoms with Crippen LogP contribution in [0.3, 0.4) is 0 Å². The van der Waals surface area contributed by atoms with Crippen LogP contribution in [0.5, 0.6) is 0 Å². The van der Waals surface area contributed by atoms with Gasteiger partial charge in [-0.05, 0) is 29.5 Å². The van der Waals surface area contributed by atoms with E-state index in [9.17, 15) is 14.4 Å². The maximum atomic E-state index is 12.4. The molecule has 0 aromatic heterocycles. The first-order chi connectivity index (χ1) is 12.1. The van der Waals surface area contributed by atoms with Crippen LogP contribution in [0.25, 0.3) is 0 Å². The van der Waals surface area contributed by atoms with Crippen molar-refractivity contribution in [1.82, 2.24) is 15.5 Å². The number of benzene rings is 1. The van der Waals surface area contributed by atoms with E-state index in [-0.39, 0.29) is 48.5 Å². The number of likely N-dealkylation sites (tertiary alicyclic amines) is 1. The van der Waals surface area contributed by atoms with E-state index in [1.165, 1.54) is 16.0 Å². The summed E-state index contributed by atoms with van der Waals surface area (Å²) in [6, 6.07) is 6.18. The first-order valence-electron chi connectivity index (χ1n) is 9.07. The number of nitrogens with zero attached hydrogens (tertiary/aromatic N) is 1. The quantitative estimate of drug-likeness (QED) is 0.779. The minimum Gasteiger partial charge on any atom is -0.350 e. The fourth-order valence-corrected chi connectivity index (χ4v) is 4.25. The minimum absolute atomic E-state index is 0. The van der Waals surface area contributed by atoms with Crippen LogP contribution in [0.1, 0.15) is 42.4 Å². The van der Waals surface area contributed by atoms with Crippen LogP contribution in [0.4, 0.5) is 0 Å². The van der Waals surface area contributed by atoms with Crippen LogP contribution >= 0.6 is 12.4 Å². The van der Waals surface area contributed by atoms with Crippen LogP contribution in [-0.4, -0.2) is 29.2 Å². The third kappa shape index (κ3) is 3.48. The molecule has 4 rings (SSSR count). The SMILES string of the molecule is Cl.O=C(CN1C(=O)C2CCCCC2C1=O)NCc1ccc2c(c1)CNC2. The Kier molecular flexibility index (Phi) is 5.63. The molecule has 140 valence electrons. The van der Waals surface area contributed by atoms with Crippen molar-refractivity contribution in [2.45, 2.75) is 45.3 Å². The van der Waals surface area contributed by atoms with E-state index >= 15 is 0 Å². The standard InChI is InChI=1S/C19H23N3O3.ClH/c23-17(21-8-12-5-6-13-9-20-10-14(13)7-12)11-22-18(24)15-3-1-2-4-16(15)19(22)25;/h5-7,15-16,20H,1-4,8-11H2,(H,21,23);1H. The molecule has 7 heteroatoms. The molecule has 2 unspecified atom stereocenters. The van der Waals surface area contributed by atoms with Gasteiger partial charge in [0.05, 0.1) is 11.8 Å². The highest BCUT2D eigenvalue weighted by Crippen LogP contribution is 2.37. The minimum atomic E-state index is -0.279. The van der Waals surface area contributed by atoms with Crippen LogP contribution in [0.2, 0.25) is 0 Å². The molecule has 0 bridgehead atoms. The summed E-state index contributed by atoms with van der Waals surface area (Å²) in [4.78, 5) is 38.2. The molecule has 2 heterocycles. The number of nitrogens with one attached hydrogen (secondary N) is 2. The van der Waals surface area contributed by atoms with Crippen molar-refractivity contribution < 1.29 is 14.4 Å². The Morgan fingerprint density at radius 3 is 2.42 bits per heavy atom. The van der Waals surface area contributed by atoms with Gasteiger partial charge in [-0.25, -0.2) is 0 Å². The zero-order chi connectivity index (χ0) is 17.4. The van der Waals surface area contributed by atoms with E-state index in [0.29, 0.717) is 6.54 Å². The van der Waals surface area contributed by atoms with Crippen molar-refractivity contribution in [1.29, 1.82) is 0 Å². The molecule has 0 radical (unpaired) electrons. The second kappa shape index (κ2) is 7.76. The molecule has 2 atom stereocenters. The molecule has 2 N–H and O–H groups in total. The van der Waals surface area contributed by atoms with E-state index < -0.39 is 0 Å². The summed E-state index contributed by atoms with van der Waals surface area (Å²) in [6.45, 7) is 2.01. The molecule has 1 aromatic rings. The number of halogens is 1. The number of amides is 3. The van der Waals surface area contributed by atoms with Gasteiger partial charge in [0.25, 0.3) is 0 Å². The topological polar surface area (TPSA) is 78.5 Å². The third-order valence-electron chi connectivity index (χ3n) is 5.63. The first kappa shape index (κ1) is 18.9. The molecule has 1 saturated carbocycles. The largest absolute Gasteiger partial charge is 0.350 e.